The molecule has 4 aliphatic rings. The molecule has 6 rings (SSSR count). The first-order chi connectivity index (χ1) is 19.7. The maximum absolute atomic E-state index is 5.40. The monoisotopic (exact) mass is 524 g/mol. The van der Waals surface area contributed by atoms with Crippen molar-refractivity contribution in [2.75, 3.05) is 11.9 Å². The highest BCUT2D eigenvalue weighted by Gasteiger charge is 2.24. The second-order valence-electron chi connectivity index (χ2n) is 11.4. The largest absolute Gasteiger partial charge is 0.345 e. The van der Waals surface area contributed by atoms with Gasteiger partial charge in [0.05, 0.1) is 5.70 Å². The summed E-state index contributed by atoms with van der Waals surface area (Å²) in [5.41, 5.74) is 10.3. The van der Waals surface area contributed by atoms with Gasteiger partial charge in [-0.1, -0.05) is 91.1 Å². The van der Waals surface area contributed by atoms with Gasteiger partial charge < -0.3 is 4.90 Å². The molecule has 0 aromatic heterocycles. The van der Waals surface area contributed by atoms with Crippen molar-refractivity contribution in [3.8, 4) is 0 Å². The van der Waals surface area contributed by atoms with Crippen molar-refractivity contribution in [3.05, 3.63) is 138 Å². The maximum Gasteiger partial charge on any atom is 0.0625 e. The van der Waals surface area contributed by atoms with Crippen molar-refractivity contribution in [3.63, 3.8) is 0 Å². The second-order valence-corrected chi connectivity index (χ2v) is 11.4. The van der Waals surface area contributed by atoms with E-state index in [1.165, 1.54) is 51.5 Å². The summed E-state index contributed by atoms with van der Waals surface area (Å²) in [4.78, 5) is 7.63. The molecule has 2 aromatic carbocycles. The van der Waals surface area contributed by atoms with E-state index in [9.17, 15) is 0 Å². The molecule has 0 saturated heterocycles. The fraction of sp³-hybridized carbons (Fsp3) is 0.289. The molecule has 202 valence electrons. The van der Waals surface area contributed by atoms with Crippen LogP contribution in [0.4, 0.5) is 11.4 Å². The van der Waals surface area contributed by atoms with Crippen LogP contribution in [0.25, 0.3) is 5.57 Å². The molecule has 0 bridgehead atoms. The molecule has 0 saturated carbocycles. The fourth-order valence-electron chi connectivity index (χ4n) is 6.34. The van der Waals surface area contributed by atoms with Crippen LogP contribution in [0.5, 0.6) is 0 Å². The van der Waals surface area contributed by atoms with Crippen LogP contribution in [0.1, 0.15) is 56.9 Å². The first-order valence-electron chi connectivity index (χ1n) is 15.0. The molecule has 3 aliphatic carbocycles. The van der Waals surface area contributed by atoms with Gasteiger partial charge in [-0.15, -0.1) is 0 Å². The third-order valence-electron chi connectivity index (χ3n) is 8.78. The number of benzene rings is 2. The summed E-state index contributed by atoms with van der Waals surface area (Å²) in [5, 5.41) is 0. The van der Waals surface area contributed by atoms with Crippen molar-refractivity contribution in [2.24, 2.45) is 16.8 Å². The molecule has 2 nitrogen and oxygen atoms in total. The Morgan fingerprint density at radius 3 is 2.30 bits per heavy atom. The van der Waals surface area contributed by atoms with Gasteiger partial charge in [0.15, 0.2) is 0 Å². The smallest absolute Gasteiger partial charge is 0.0625 e. The van der Waals surface area contributed by atoms with Crippen molar-refractivity contribution in [2.45, 2.75) is 51.4 Å². The van der Waals surface area contributed by atoms with Crippen LogP contribution >= 0.6 is 0 Å². The van der Waals surface area contributed by atoms with Crippen LogP contribution in [0.2, 0.25) is 0 Å². The molecular formula is C38H40N2. The number of rotatable bonds is 6. The Labute approximate surface area is 240 Å². The van der Waals surface area contributed by atoms with E-state index in [1.54, 1.807) is 0 Å². The Kier molecular flexibility index (Phi) is 8.23. The van der Waals surface area contributed by atoms with E-state index in [0.29, 0.717) is 11.8 Å². The molecule has 1 heterocycles. The minimum absolute atomic E-state index is 0.622. The molecule has 0 radical (unpaired) electrons. The SMILES string of the molecule is CN(c1ccccc1)c1ccc(C2=CC=C(/C3=C/CCC(C4C=CC=CC4)CC(C4=CCCC=C4)=N3)CC2)cc1. The molecular weight excluding hydrogens is 484 g/mol. The number of hydrogen-bond acceptors (Lipinski definition) is 2. The predicted molar refractivity (Wildman–Crippen MR) is 172 cm³/mol. The summed E-state index contributed by atoms with van der Waals surface area (Å²) in [6, 6.07) is 19.5. The van der Waals surface area contributed by atoms with E-state index in [-0.39, 0.29) is 0 Å². The summed E-state index contributed by atoms with van der Waals surface area (Å²) >= 11 is 0. The lowest BCUT2D eigenvalue weighted by Gasteiger charge is -2.28. The first-order valence-corrected chi connectivity index (χ1v) is 15.0. The zero-order chi connectivity index (χ0) is 27.1. The molecule has 0 spiro atoms. The van der Waals surface area contributed by atoms with Crippen LogP contribution in [-0.4, -0.2) is 12.8 Å². The Morgan fingerprint density at radius 2 is 1.57 bits per heavy atom. The molecule has 0 amide bonds. The van der Waals surface area contributed by atoms with E-state index in [4.69, 9.17) is 4.99 Å². The Bertz CT molecular complexity index is 1440. The fourth-order valence-corrected chi connectivity index (χ4v) is 6.34. The molecule has 2 aromatic rings. The highest BCUT2D eigenvalue weighted by molar-refractivity contribution is 6.03. The molecule has 2 atom stereocenters. The van der Waals surface area contributed by atoms with Crippen molar-refractivity contribution < 1.29 is 0 Å². The second kappa shape index (κ2) is 12.5. The van der Waals surface area contributed by atoms with Gasteiger partial charge in [0.25, 0.3) is 0 Å². The topological polar surface area (TPSA) is 15.6 Å². The maximum atomic E-state index is 5.40. The molecule has 2 unspecified atom stereocenters. The van der Waals surface area contributed by atoms with Gasteiger partial charge in [-0.2, -0.15) is 0 Å². The zero-order valence-corrected chi connectivity index (χ0v) is 23.7. The van der Waals surface area contributed by atoms with Gasteiger partial charge in [-0.05, 0) is 110 Å². The average molecular weight is 525 g/mol. The quantitative estimate of drug-likeness (QED) is 0.367. The average Bonchev–Trinajstić information content (AvgIpc) is 3.02. The zero-order valence-electron chi connectivity index (χ0n) is 23.7. The number of hydrogen-bond donors (Lipinski definition) is 0. The first kappa shape index (κ1) is 26.3. The lowest BCUT2D eigenvalue weighted by Crippen LogP contribution is -2.20. The minimum atomic E-state index is 0.622. The highest BCUT2D eigenvalue weighted by Crippen LogP contribution is 2.36. The van der Waals surface area contributed by atoms with Gasteiger partial charge in [-0.25, -0.2) is 0 Å². The van der Waals surface area contributed by atoms with Crippen LogP contribution < -0.4 is 4.90 Å². The van der Waals surface area contributed by atoms with E-state index in [0.717, 1.165) is 44.9 Å². The number of allylic oxidation sites excluding steroid dienone is 13. The van der Waals surface area contributed by atoms with Crippen LogP contribution in [0, 0.1) is 11.8 Å². The Hall–Kier alpha value is -3.91. The Balaban J connectivity index is 1.21. The standard InChI is InChI=1S/C38H40N2/c1-40(35-17-9-4-10-18-35)36-26-24-31(25-27-36)30-20-22-33(23-21-30)37-19-11-16-34(29-12-5-2-6-13-29)28-38(39-37)32-14-7-3-8-15-32/h2,4-7,9-10,12,14-15,17-20,22,24-27,29,34H,3,8,11,13,16,21,23,28H2,1H3/b37-19-,39-38?. The lowest BCUT2D eigenvalue weighted by atomic mass is 9.78. The number of anilines is 2. The van der Waals surface area contributed by atoms with Crippen molar-refractivity contribution in [1.29, 1.82) is 0 Å². The van der Waals surface area contributed by atoms with E-state index >= 15 is 0 Å². The van der Waals surface area contributed by atoms with Gasteiger partial charge in [0.2, 0.25) is 0 Å². The van der Waals surface area contributed by atoms with Crippen LogP contribution in [0.3, 0.4) is 0 Å². The van der Waals surface area contributed by atoms with Gasteiger partial charge in [-0.3, -0.25) is 4.99 Å². The summed E-state index contributed by atoms with van der Waals surface area (Å²) in [7, 11) is 2.13. The summed E-state index contributed by atoms with van der Waals surface area (Å²) in [6.07, 6.45) is 32.1. The summed E-state index contributed by atoms with van der Waals surface area (Å²) in [6.45, 7) is 0. The molecule has 1 aliphatic heterocycles. The minimum Gasteiger partial charge on any atom is -0.345 e. The van der Waals surface area contributed by atoms with E-state index in [2.05, 4.69) is 127 Å². The summed E-state index contributed by atoms with van der Waals surface area (Å²) in [5.74, 6) is 1.27. The summed E-state index contributed by atoms with van der Waals surface area (Å²) < 4.78 is 0. The molecule has 0 N–H and O–H groups in total. The molecule has 40 heavy (non-hydrogen) atoms. The Morgan fingerprint density at radius 1 is 0.775 bits per heavy atom. The van der Waals surface area contributed by atoms with Gasteiger partial charge in [0, 0.05) is 24.1 Å². The third-order valence-corrected chi connectivity index (χ3v) is 8.78. The van der Waals surface area contributed by atoms with Crippen molar-refractivity contribution >= 4 is 22.7 Å². The highest BCUT2D eigenvalue weighted by atomic mass is 15.1. The van der Waals surface area contributed by atoms with Crippen LogP contribution in [0.15, 0.2) is 137 Å². The van der Waals surface area contributed by atoms with Crippen LogP contribution in [-0.2, 0) is 0 Å². The third kappa shape index (κ3) is 6.12. The normalized spacial score (nSPS) is 24.1. The molecule has 2 heteroatoms. The number of para-hydroxylation sites is 1. The number of nitrogens with zero attached hydrogens (tertiary/aromatic N) is 2. The van der Waals surface area contributed by atoms with E-state index in [1.807, 2.05) is 0 Å². The van der Waals surface area contributed by atoms with Gasteiger partial charge in [0.1, 0.15) is 0 Å². The number of aliphatic imine (C=N–C) groups is 1. The van der Waals surface area contributed by atoms with E-state index < -0.39 is 0 Å². The lowest BCUT2D eigenvalue weighted by molar-refractivity contribution is 0.382. The van der Waals surface area contributed by atoms with Crippen molar-refractivity contribution in [1.82, 2.24) is 0 Å². The predicted octanol–water partition coefficient (Wildman–Crippen LogP) is 10.1. The molecule has 0 fully saturated rings. The van der Waals surface area contributed by atoms with Gasteiger partial charge >= 0.3 is 0 Å².